The Kier molecular flexibility index (Phi) is 9.38. The third-order valence-electron chi connectivity index (χ3n) is 7.46. The molecule has 3 aromatic heterocycles. The summed E-state index contributed by atoms with van der Waals surface area (Å²) in [5.41, 5.74) is 18.3. The number of aryl methyl sites for hydroxylation is 4. The minimum atomic E-state index is 0.133. The van der Waals surface area contributed by atoms with Crippen molar-refractivity contribution in [3.05, 3.63) is 77.1 Å². The summed E-state index contributed by atoms with van der Waals surface area (Å²) in [6.07, 6.45) is 7.02. The summed E-state index contributed by atoms with van der Waals surface area (Å²) < 4.78 is 20.9. The van der Waals surface area contributed by atoms with E-state index in [-0.39, 0.29) is 17.5 Å². The molecule has 0 saturated heterocycles. The molecule has 0 aliphatic carbocycles. The van der Waals surface area contributed by atoms with Crippen LogP contribution in [-0.2, 0) is 18.8 Å². The van der Waals surface area contributed by atoms with Crippen LogP contribution in [0.15, 0.2) is 54.9 Å². The molecule has 0 spiro atoms. The number of aromatic nitrogens is 4. The van der Waals surface area contributed by atoms with Gasteiger partial charge in [-0.25, -0.2) is 4.98 Å². The number of methoxy groups -OCH3 is 1. The van der Waals surface area contributed by atoms with E-state index in [1.165, 1.54) is 36.2 Å². The largest absolute Gasteiger partial charge is 0.500 e. The lowest BCUT2D eigenvalue weighted by molar-refractivity contribution is 0.310. The maximum Gasteiger partial charge on any atom is 0.238 e. The van der Waals surface area contributed by atoms with E-state index in [0.717, 1.165) is 33.2 Å². The minimum absolute atomic E-state index is 0.133. The molecule has 230 valence electrons. The average Bonchev–Trinajstić information content (AvgIpc) is 3.41. The number of ether oxygens (including phenoxy) is 3. The van der Waals surface area contributed by atoms with Crippen molar-refractivity contribution >= 4 is 33.6 Å². The molecule has 5 aromatic rings. The van der Waals surface area contributed by atoms with Crippen molar-refractivity contribution in [3.63, 3.8) is 0 Å². The molecule has 10 heteroatoms. The Morgan fingerprint density at radius 1 is 0.864 bits per heavy atom. The van der Waals surface area contributed by atoms with Crippen LogP contribution in [0.2, 0.25) is 0 Å². The van der Waals surface area contributed by atoms with Gasteiger partial charge in [-0.05, 0) is 72.2 Å². The van der Waals surface area contributed by atoms with E-state index in [2.05, 4.69) is 91.2 Å². The highest BCUT2D eigenvalue weighted by atomic mass is 16.5. The van der Waals surface area contributed by atoms with E-state index in [9.17, 15) is 0 Å². The van der Waals surface area contributed by atoms with Crippen LogP contribution in [0.4, 0.5) is 11.8 Å². The number of fused-ring (bicyclic) bond motifs is 2. The normalized spacial score (nSPS) is 11.5. The Hall–Kier alpha value is -5.17. The lowest BCUT2D eigenvalue weighted by Gasteiger charge is -2.15. The Balaban J connectivity index is 0.000000202. The van der Waals surface area contributed by atoms with Gasteiger partial charge in [0, 0.05) is 48.3 Å². The molecule has 0 amide bonds. The third-order valence-corrected chi connectivity index (χ3v) is 7.46. The van der Waals surface area contributed by atoms with E-state index in [1.807, 2.05) is 26.2 Å². The SMILES string of the molecule is CO/C=C(\C#N)Oc1cc2c(C)cn(C)c2cc1C(C)C.Cc1cn(C)c2cc(C(C)C)c(Oc3cnc(N)nc3N)cc12. The molecule has 0 unspecified atom stereocenters. The second-order valence-corrected chi connectivity index (χ2v) is 11.5. The number of nitrogen functional groups attached to an aromatic ring is 2. The quantitative estimate of drug-likeness (QED) is 0.147. The standard InChI is InChI=1S/C17H21N5O.C17H20N2O2/c1-9(2)11-5-13-12(10(3)8-22(13)4)6-14(11)23-15-7-20-17(19)21-16(15)18;1-11(2)14-6-16-15(12(3)9-19(16)4)7-17(14)21-13(8-18)10-20-5/h5-9H,1-4H3,(H4,18,19,20,21);6-7,9-11H,1-5H3/b;13-10+. The van der Waals surface area contributed by atoms with Gasteiger partial charge in [0.1, 0.15) is 23.8 Å². The van der Waals surface area contributed by atoms with E-state index in [0.29, 0.717) is 23.3 Å². The van der Waals surface area contributed by atoms with Gasteiger partial charge in [-0.3, -0.25) is 0 Å². The van der Waals surface area contributed by atoms with Crippen molar-refractivity contribution in [1.29, 1.82) is 5.26 Å². The van der Waals surface area contributed by atoms with Gasteiger partial charge in [-0.15, -0.1) is 0 Å². The summed E-state index contributed by atoms with van der Waals surface area (Å²) in [5, 5.41) is 11.4. The molecule has 2 aromatic carbocycles. The number of nitriles is 1. The fraction of sp³-hybridized carbons (Fsp3) is 0.324. The number of hydrogen-bond donors (Lipinski definition) is 2. The zero-order valence-corrected chi connectivity index (χ0v) is 26.9. The lowest BCUT2D eigenvalue weighted by atomic mass is 10.00. The van der Waals surface area contributed by atoms with Crippen molar-refractivity contribution in [1.82, 2.24) is 19.1 Å². The predicted molar refractivity (Wildman–Crippen MR) is 176 cm³/mol. The summed E-state index contributed by atoms with van der Waals surface area (Å²) in [5.74, 6) is 2.99. The first kappa shape index (κ1) is 31.8. The molecule has 0 aliphatic heterocycles. The summed E-state index contributed by atoms with van der Waals surface area (Å²) in [4.78, 5) is 7.90. The molecule has 3 heterocycles. The van der Waals surface area contributed by atoms with Gasteiger partial charge in [-0.1, -0.05) is 27.7 Å². The van der Waals surface area contributed by atoms with Crippen LogP contribution in [0.5, 0.6) is 17.2 Å². The summed E-state index contributed by atoms with van der Waals surface area (Å²) in [7, 11) is 5.58. The third kappa shape index (κ3) is 6.57. The van der Waals surface area contributed by atoms with Gasteiger partial charge in [0.25, 0.3) is 0 Å². The van der Waals surface area contributed by atoms with Crippen LogP contribution < -0.4 is 20.9 Å². The molecule has 0 radical (unpaired) electrons. The average molecular weight is 596 g/mol. The van der Waals surface area contributed by atoms with Crippen LogP contribution in [0.25, 0.3) is 21.8 Å². The van der Waals surface area contributed by atoms with Crippen LogP contribution in [0.1, 0.15) is 61.8 Å². The fourth-order valence-corrected chi connectivity index (χ4v) is 5.22. The van der Waals surface area contributed by atoms with Crippen molar-refractivity contribution < 1.29 is 14.2 Å². The van der Waals surface area contributed by atoms with Gasteiger partial charge in [0.05, 0.1) is 13.3 Å². The highest BCUT2D eigenvalue weighted by Gasteiger charge is 2.17. The van der Waals surface area contributed by atoms with Gasteiger partial charge >= 0.3 is 0 Å². The zero-order valence-electron chi connectivity index (χ0n) is 26.9. The van der Waals surface area contributed by atoms with Crippen LogP contribution >= 0.6 is 0 Å². The maximum absolute atomic E-state index is 9.09. The molecule has 0 atom stereocenters. The van der Waals surface area contributed by atoms with Crippen LogP contribution in [0, 0.1) is 25.2 Å². The molecule has 5 rings (SSSR count). The van der Waals surface area contributed by atoms with Crippen molar-refractivity contribution in [2.45, 2.75) is 53.4 Å². The predicted octanol–water partition coefficient (Wildman–Crippen LogP) is 7.36. The smallest absolute Gasteiger partial charge is 0.238 e. The molecule has 0 bridgehead atoms. The Labute approximate surface area is 258 Å². The first-order valence-electron chi connectivity index (χ1n) is 14.4. The van der Waals surface area contributed by atoms with Crippen molar-refractivity contribution in [2.24, 2.45) is 14.1 Å². The molecule has 0 aliphatic rings. The Morgan fingerprint density at radius 3 is 1.86 bits per heavy atom. The highest BCUT2D eigenvalue weighted by molar-refractivity contribution is 5.87. The summed E-state index contributed by atoms with van der Waals surface area (Å²) in [6.45, 7) is 12.6. The van der Waals surface area contributed by atoms with Gasteiger partial charge in [-0.2, -0.15) is 10.2 Å². The number of benzene rings is 2. The molecular weight excluding hydrogens is 554 g/mol. The van der Waals surface area contributed by atoms with E-state index in [1.54, 1.807) is 0 Å². The minimum Gasteiger partial charge on any atom is -0.500 e. The number of nitrogens with two attached hydrogens (primary N) is 2. The van der Waals surface area contributed by atoms with Crippen LogP contribution in [-0.4, -0.2) is 26.2 Å². The Morgan fingerprint density at radius 2 is 1.39 bits per heavy atom. The number of hydrogen-bond acceptors (Lipinski definition) is 8. The summed E-state index contributed by atoms with van der Waals surface area (Å²) in [6, 6.07) is 10.3. The molecule has 10 nitrogen and oxygen atoms in total. The fourth-order valence-electron chi connectivity index (χ4n) is 5.22. The second kappa shape index (κ2) is 13.0. The monoisotopic (exact) mass is 595 g/mol. The van der Waals surface area contributed by atoms with E-state index < -0.39 is 0 Å². The van der Waals surface area contributed by atoms with Crippen molar-refractivity contribution in [2.75, 3.05) is 18.6 Å². The van der Waals surface area contributed by atoms with Crippen molar-refractivity contribution in [3.8, 4) is 23.3 Å². The summed E-state index contributed by atoms with van der Waals surface area (Å²) >= 11 is 0. The van der Waals surface area contributed by atoms with E-state index >= 15 is 0 Å². The number of nitrogens with zero attached hydrogens (tertiary/aromatic N) is 5. The Bertz CT molecular complexity index is 1890. The molecule has 0 saturated carbocycles. The highest BCUT2D eigenvalue weighted by Crippen LogP contribution is 2.37. The van der Waals surface area contributed by atoms with E-state index in [4.69, 9.17) is 30.9 Å². The maximum atomic E-state index is 9.09. The molecule has 44 heavy (non-hydrogen) atoms. The first-order chi connectivity index (χ1) is 20.8. The number of anilines is 2. The van der Waals surface area contributed by atoms with Gasteiger partial charge in [0.2, 0.25) is 11.7 Å². The number of allylic oxidation sites excluding steroid dienone is 1. The topological polar surface area (TPSA) is 139 Å². The molecule has 4 N–H and O–H groups in total. The second-order valence-electron chi connectivity index (χ2n) is 11.5. The molecule has 0 fully saturated rings. The lowest BCUT2D eigenvalue weighted by Crippen LogP contribution is -2.02. The molecular formula is C34H41N7O3. The number of rotatable bonds is 7. The van der Waals surface area contributed by atoms with Gasteiger partial charge < -0.3 is 34.8 Å². The zero-order chi connectivity index (χ0) is 32.3. The van der Waals surface area contributed by atoms with Gasteiger partial charge in [0.15, 0.2) is 11.6 Å². The van der Waals surface area contributed by atoms with Crippen LogP contribution in [0.3, 0.4) is 0 Å². The first-order valence-corrected chi connectivity index (χ1v) is 14.4.